The lowest BCUT2D eigenvalue weighted by atomic mass is 9.96. The molecular formula is C15H22N4O. The second-order valence-electron chi connectivity index (χ2n) is 5.18. The first kappa shape index (κ1) is 14.5. The second kappa shape index (κ2) is 6.52. The molecule has 1 aromatic heterocycles. The number of ether oxygens (including phenoxy) is 1. The molecule has 5 nitrogen and oxygen atoms in total. The third kappa shape index (κ3) is 3.36. The minimum absolute atomic E-state index is 0.276. The van der Waals surface area contributed by atoms with Crippen molar-refractivity contribution in [2.24, 2.45) is 13.0 Å². The van der Waals surface area contributed by atoms with Gasteiger partial charge in [-0.2, -0.15) is 5.10 Å². The maximum Gasteiger partial charge on any atom is 0.140 e. The van der Waals surface area contributed by atoms with E-state index in [4.69, 9.17) is 4.74 Å². The summed E-state index contributed by atoms with van der Waals surface area (Å²) in [4.78, 5) is 4.24. The van der Waals surface area contributed by atoms with Gasteiger partial charge in [0.25, 0.3) is 0 Å². The van der Waals surface area contributed by atoms with Crippen LogP contribution in [0.25, 0.3) is 0 Å². The molecule has 1 heterocycles. The monoisotopic (exact) mass is 274 g/mol. The van der Waals surface area contributed by atoms with Crippen molar-refractivity contribution in [2.45, 2.75) is 26.4 Å². The first-order chi connectivity index (χ1) is 9.61. The first-order valence-corrected chi connectivity index (χ1v) is 6.82. The zero-order chi connectivity index (χ0) is 14.5. The van der Waals surface area contributed by atoms with Gasteiger partial charge in [-0.1, -0.05) is 26.0 Å². The van der Waals surface area contributed by atoms with Crippen LogP contribution in [0.2, 0.25) is 0 Å². The number of aromatic nitrogens is 3. The number of nitrogens with one attached hydrogen (secondary N) is 1. The molecule has 0 amide bonds. The molecule has 0 bridgehead atoms. The highest BCUT2D eigenvalue weighted by molar-refractivity contribution is 5.29. The molecule has 1 aromatic carbocycles. The lowest BCUT2D eigenvalue weighted by Gasteiger charge is -2.23. The van der Waals surface area contributed by atoms with E-state index in [9.17, 15) is 0 Å². The summed E-state index contributed by atoms with van der Waals surface area (Å²) in [5, 5.41) is 7.64. The molecule has 0 saturated carbocycles. The van der Waals surface area contributed by atoms with E-state index in [2.05, 4.69) is 41.4 Å². The Morgan fingerprint density at radius 2 is 1.95 bits per heavy atom. The van der Waals surface area contributed by atoms with E-state index in [0.29, 0.717) is 12.5 Å². The van der Waals surface area contributed by atoms with Crippen molar-refractivity contribution in [1.82, 2.24) is 20.1 Å². The van der Waals surface area contributed by atoms with Crippen molar-refractivity contribution in [3.63, 3.8) is 0 Å². The molecular weight excluding hydrogens is 252 g/mol. The fraction of sp³-hybridized carbons (Fsp3) is 0.467. The molecule has 0 aliphatic carbocycles. The molecule has 0 spiro atoms. The molecule has 2 aromatic rings. The van der Waals surface area contributed by atoms with Gasteiger partial charge in [0.1, 0.15) is 17.9 Å². The Kier molecular flexibility index (Phi) is 4.74. The Morgan fingerprint density at radius 3 is 2.45 bits per heavy atom. The van der Waals surface area contributed by atoms with Gasteiger partial charge in [-0.3, -0.25) is 4.68 Å². The van der Waals surface area contributed by atoms with Gasteiger partial charge >= 0.3 is 0 Å². The zero-order valence-electron chi connectivity index (χ0n) is 12.5. The molecule has 1 N–H and O–H groups in total. The van der Waals surface area contributed by atoms with Crippen molar-refractivity contribution in [2.75, 3.05) is 7.11 Å². The van der Waals surface area contributed by atoms with Gasteiger partial charge in [0.15, 0.2) is 0 Å². The first-order valence-electron chi connectivity index (χ1n) is 6.82. The summed E-state index contributed by atoms with van der Waals surface area (Å²) in [6, 6.07) is 8.47. The Hall–Kier alpha value is -1.88. The molecule has 0 aliphatic rings. The summed E-state index contributed by atoms with van der Waals surface area (Å²) < 4.78 is 6.99. The summed E-state index contributed by atoms with van der Waals surface area (Å²) in [6.07, 6.45) is 1.58. The number of hydrogen-bond donors (Lipinski definition) is 1. The lowest BCUT2D eigenvalue weighted by molar-refractivity contribution is 0.398. The van der Waals surface area contributed by atoms with Crippen LogP contribution >= 0.6 is 0 Å². The standard InChI is InChI=1S/C15H22N4O/c1-11(2)15(12-5-7-13(20-4)8-6-12)16-9-14-17-10-18-19(14)3/h5-8,10-11,15-16H,9H2,1-4H3. The van der Waals surface area contributed by atoms with E-state index >= 15 is 0 Å². The quantitative estimate of drug-likeness (QED) is 0.878. The van der Waals surface area contributed by atoms with Crippen molar-refractivity contribution in [1.29, 1.82) is 0 Å². The molecule has 20 heavy (non-hydrogen) atoms. The molecule has 0 aliphatic heterocycles. The summed E-state index contributed by atoms with van der Waals surface area (Å²) in [5.41, 5.74) is 1.25. The summed E-state index contributed by atoms with van der Waals surface area (Å²) >= 11 is 0. The molecule has 1 atom stereocenters. The number of aryl methyl sites for hydroxylation is 1. The van der Waals surface area contributed by atoms with Crippen LogP contribution in [0.4, 0.5) is 0 Å². The Bertz CT molecular complexity index is 533. The average Bonchev–Trinajstić information content (AvgIpc) is 2.85. The predicted molar refractivity (Wildman–Crippen MR) is 78.4 cm³/mol. The SMILES string of the molecule is COc1ccc(C(NCc2ncnn2C)C(C)C)cc1. The fourth-order valence-electron chi connectivity index (χ4n) is 2.23. The number of methoxy groups -OCH3 is 1. The number of rotatable bonds is 6. The summed E-state index contributed by atoms with van der Waals surface area (Å²) in [7, 11) is 3.59. The lowest BCUT2D eigenvalue weighted by Crippen LogP contribution is -2.26. The van der Waals surface area contributed by atoms with E-state index in [1.54, 1.807) is 18.1 Å². The van der Waals surface area contributed by atoms with Crippen LogP contribution in [0.1, 0.15) is 31.3 Å². The van der Waals surface area contributed by atoms with Crippen LogP contribution in [-0.4, -0.2) is 21.9 Å². The third-order valence-corrected chi connectivity index (χ3v) is 3.43. The van der Waals surface area contributed by atoms with Crippen LogP contribution in [-0.2, 0) is 13.6 Å². The van der Waals surface area contributed by atoms with E-state index in [0.717, 1.165) is 11.6 Å². The number of benzene rings is 1. The van der Waals surface area contributed by atoms with Crippen LogP contribution in [0, 0.1) is 5.92 Å². The summed E-state index contributed by atoms with van der Waals surface area (Å²) in [6.45, 7) is 5.11. The van der Waals surface area contributed by atoms with Gasteiger partial charge < -0.3 is 10.1 Å². The molecule has 0 fully saturated rings. The van der Waals surface area contributed by atoms with Crippen molar-refractivity contribution in [3.05, 3.63) is 42.0 Å². The molecule has 2 rings (SSSR count). The van der Waals surface area contributed by atoms with Crippen molar-refractivity contribution in [3.8, 4) is 5.75 Å². The van der Waals surface area contributed by atoms with Gasteiger partial charge in [0.05, 0.1) is 13.7 Å². The molecule has 0 saturated heterocycles. The van der Waals surface area contributed by atoms with Gasteiger partial charge in [0, 0.05) is 13.1 Å². The van der Waals surface area contributed by atoms with E-state index in [1.807, 2.05) is 19.2 Å². The molecule has 0 radical (unpaired) electrons. The maximum atomic E-state index is 5.20. The highest BCUT2D eigenvalue weighted by atomic mass is 16.5. The van der Waals surface area contributed by atoms with E-state index in [1.165, 1.54) is 5.56 Å². The van der Waals surface area contributed by atoms with E-state index in [-0.39, 0.29) is 6.04 Å². The average molecular weight is 274 g/mol. The second-order valence-corrected chi connectivity index (χ2v) is 5.18. The number of nitrogens with zero attached hydrogens (tertiary/aromatic N) is 3. The molecule has 1 unspecified atom stereocenters. The Balaban J connectivity index is 2.08. The van der Waals surface area contributed by atoms with Gasteiger partial charge in [-0.15, -0.1) is 0 Å². The van der Waals surface area contributed by atoms with E-state index < -0.39 is 0 Å². The van der Waals surface area contributed by atoms with Crippen molar-refractivity contribution < 1.29 is 4.74 Å². The summed E-state index contributed by atoms with van der Waals surface area (Å²) in [5.74, 6) is 2.30. The minimum atomic E-state index is 0.276. The highest BCUT2D eigenvalue weighted by Crippen LogP contribution is 2.24. The smallest absolute Gasteiger partial charge is 0.140 e. The molecule has 5 heteroatoms. The molecule has 108 valence electrons. The van der Waals surface area contributed by atoms with Gasteiger partial charge in [-0.25, -0.2) is 4.98 Å². The highest BCUT2D eigenvalue weighted by Gasteiger charge is 2.16. The fourth-order valence-corrected chi connectivity index (χ4v) is 2.23. The third-order valence-electron chi connectivity index (χ3n) is 3.43. The predicted octanol–water partition coefficient (Wildman–Crippen LogP) is 2.31. The largest absolute Gasteiger partial charge is 0.497 e. The van der Waals surface area contributed by atoms with Crippen LogP contribution in [0.15, 0.2) is 30.6 Å². The van der Waals surface area contributed by atoms with Crippen LogP contribution in [0.3, 0.4) is 0 Å². The maximum absolute atomic E-state index is 5.20. The zero-order valence-corrected chi connectivity index (χ0v) is 12.5. The van der Waals surface area contributed by atoms with Gasteiger partial charge in [0.2, 0.25) is 0 Å². The Labute approximate surface area is 120 Å². The van der Waals surface area contributed by atoms with Crippen molar-refractivity contribution >= 4 is 0 Å². The normalized spacial score (nSPS) is 12.7. The topological polar surface area (TPSA) is 52.0 Å². The Morgan fingerprint density at radius 1 is 1.25 bits per heavy atom. The van der Waals surface area contributed by atoms with Crippen LogP contribution in [0.5, 0.6) is 5.75 Å². The van der Waals surface area contributed by atoms with Gasteiger partial charge in [-0.05, 0) is 23.6 Å². The van der Waals surface area contributed by atoms with Crippen LogP contribution < -0.4 is 10.1 Å². The number of hydrogen-bond acceptors (Lipinski definition) is 4. The minimum Gasteiger partial charge on any atom is -0.497 e.